The Morgan fingerprint density at radius 1 is 1.00 bits per heavy atom. The summed E-state index contributed by atoms with van der Waals surface area (Å²) in [6.07, 6.45) is 1.14. The van der Waals surface area contributed by atoms with Gasteiger partial charge < -0.3 is 10.2 Å². The molecule has 2 rings (SSSR count). The lowest BCUT2D eigenvalue weighted by molar-refractivity contribution is -0.140. The standard InChI is InChI=1S/C23H30N2O2/c1-5-18(3)24-23(27)19(4)25(16-21-13-9-10-17(2)14-21)22(26)15-20-11-7-6-8-12-20/h6-14,18-19H,5,15-16H2,1-4H3,(H,24,27). The summed E-state index contributed by atoms with van der Waals surface area (Å²) in [5.41, 5.74) is 3.12. The molecule has 1 N–H and O–H groups in total. The van der Waals surface area contributed by atoms with E-state index in [1.54, 1.807) is 11.8 Å². The second-order valence-corrected chi connectivity index (χ2v) is 7.17. The number of rotatable bonds is 8. The van der Waals surface area contributed by atoms with Gasteiger partial charge in [0.2, 0.25) is 11.8 Å². The van der Waals surface area contributed by atoms with Crippen molar-refractivity contribution < 1.29 is 9.59 Å². The van der Waals surface area contributed by atoms with E-state index in [0.717, 1.165) is 23.1 Å². The molecule has 27 heavy (non-hydrogen) atoms. The molecule has 0 aliphatic rings. The zero-order valence-corrected chi connectivity index (χ0v) is 16.7. The van der Waals surface area contributed by atoms with E-state index >= 15 is 0 Å². The zero-order valence-electron chi connectivity index (χ0n) is 16.7. The van der Waals surface area contributed by atoms with Gasteiger partial charge in [0.15, 0.2) is 0 Å². The first-order valence-electron chi connectivity index (χ1n) is 9.60. The van der Waals surface area contributed by atoms with Crippen molar-refractivity contribution in [2.24, 2.45) is 0 Å². The number of carbonyl (C=O) groups is 2. The number of hydrogen-bond donors (Lipinski definition) is 1. The van der Waals surface area contributed by atoms with Gasteiger partial charge in [-0.1, -0.05) is 67.1 Å². The van der Waals surface area contributed by atoms with Crippen LogP contribution >= 0.6 is 0 Å². The Morgan fingerprint density at radius 2 is 1.67 bits per heavy atom. The molecule has 0 radical (unpaired) electrons. The van der Waals surface area contributed by atoms with Gasteiger partial charge in [-0.2, -0.15) is 0 Å². The Labute approximate surface area is 162 Å². The highest BCUT2D eigenvalue weighted by atomic mass is 16.2. The Balaban J connectivity index is 2.21. The molecular formula is C23H30N2O2. The van der Waals surface area contributed by atoms with Crippen LogP contribution in [0.5, 0.6) is 0 Å². The number of benzene rings is 2. The molecule has 0 aromatic heterocycles. The molecule has 0 fully saturated rings. The van der Waals surface area contributed by atoms with Crippen LogP contribution in [0.1, 0.15) is 43.9 Å². The third-order valence-corrected chi connectivity index (χ3v) is 4.80. The minimum atomic E-state index is -0.532. The molecule has 4 heteroatoms. The van der Waals surface area contributed by atoms with E-state index in [4.69, 9.17) is 0 Å². The topological polar surface area (TPSA) is 49.4 Å². The number of nitrogens with one attached hydrogen (secondary N) is 1. The van der Waals surface area contributed by atoms with Gasteiger partial charge in [-0.3, -0.25) is 9.59 Å². The summed E-state index contributed by atoms with van der Waals surface area (Å²) in [7, 11) is 0. The molecule has 2 aromatic carbocycles. The van der Waals surface area contributed by atoms with E-state index in [2.05, 4.69) is 11.4 Å². The summed E-state index contributed by atoms with van der Waals surface area (Å²) >= 11 is 0. The number of hydrogen-bond acceptors (Lipinski definition) is 2. The van der Waals surface area contributed by atoms with E-state index in [-0.39, 0.29) is 24.3 Å². The fourth-order valence-electron chi connectivity index (χ4n) is 2.93. The highest BCUT2D eigenvalue weighted by Gasteiger charge is 2.26. The van der Waals surface area contributed by atoms with E-state index in [1.165, 1.54) is 0 Å². The molecular weight excluding hydrogens is 336 g/mol. The lowest BCUT2D eigenvalue weighted by atomic mass is 10.1. The van der Waals surface area contributed by atoms with Crippen LogP contribution in [0.3, 0.4) is 0 Å². The number of nitrogens with zero attached hydrogens (tertiary/aromatic N) is 1. The minimum Gasteiger partial charge on any atom is -0.352 e. The Hall–Kier alpha value is -2.62. The summed E-state index contributed by atoms with van der Waals surface area (Å²) < 4.78 is 0. The second kappa shape index (κ2) is 9.91. The molecule has 4 nitrogen and oxygen atoms in total. The smallest absolute Gasteiger partial charge is 0.242 e. The van der Waals surface area contributed by atoms with Crippen LogP contribution in [0.15, 0.2) is 54.6 Å². The average molecular weight is 367 g/mol. The van der Waals surface area contributed by atoms with Crippen LogP contribution in [0.2, 0.25) is 0 Å². The van der Waals surface area contributed by atoms with Gasteiger partial charge in [0, 0.05) is 12.6 Å². The van der Waals surface area contributed by atoms with Crippen molar-refractivity contribution in [2.75, 3.05) is 0 Å². The molecule has 0 aliphatic heterocycles. The maximum absolute atomic E-state index is 13.0. The van der Waals surface area contributed by atoms with Crippen LogP contribution in [0, 0.1) is 6.92 Å². The fraction of sp³-hybridized carbons (Fsp3) is 0.391. The molecule has 2 unspecified atom stereocenters. The zero-order chi connectivity index (χ0) is 19.8. The third-order valence-electron chi connectivity index (χ3n) is 4.80. The van der Waals surface area contributed by atoms with Gasteiger partial charge in [-0.05, 0) is 38.3 Å². The summed E-state index contributed by atoms with van der Waals surface area (Å²) in [6.45, 7) is 8.25. The van der Waals surface area contributed by atoms with Crippen molar-refractivity contribution in [1.82, 2.24) is 10.2 Å². The van der Waals surface area contributed by atoms with Crippen LogP contribution in [0.25, 0.3) is 0 Å². The summed E-state index contributed by atoms with van der Waals surface area (Å²) in [4.78, 5) is 27.4. The molecule has 0 aliphatic carbocycles. The molecule has 0 spiro atoms. The van der Waals surface area contributed by atoms with Crippen molar-refractivity contribution in [1.29, 1.82) is 0 Å². The van der Waals surface area contributed by atoms with Crippen molar-refractivity contribution in [3.8, 4) is 0 Å². The van der Waals surface area contributed by atoms with Crippen LogP contribution in [0.4, 0.5) is 0 Å². The quantitative estimate of drug-likeness (QED) is 0.771. The van der Waals surface area contributed by atoms with E-state index in [1.807, 2.05) is 69.3 Å². The van der Waals surface area contributed by atoms with E-state index < -0.39 is 6.04 Å². The van der Waals surface area contributed by atoms with Crippen LogP contribution < -0.4 is 5.32 Å². The van der Waals surface area contributed by atoms with E-state index in [9.17, 15) is 9.59 Å². The summed E-state index contributed by atoms with van der Waals surface area (Å²) in [5, 5.41) is 2.99. The van der Waals surface area contributed by atoms with Gasteiger partial charge in [0.25, 0.3) is 0 Å². The SMILES string of the molecule is CCC(C)NC(=O)C(C)N(Cc1cccc(C)c1)C(=O)Cc1ccccc1. The third kappa shape index (κ3) is 6.24. The normalized spacial score (nSPS) is 12.9. The monoisotopic (exact) mass is 366 g/mol. The maximum atomic E-state index is 13.0. The molecule has 2 aromatic rings. The molecule has 0 saturated heterocycles. The Morgan fingerprint density at radius 3 is 2.30 bits per heavy atom. The predicted octanol–water partition coefficient (Wildman–Crippen LogP) is 3.87. The largest absolute Gasteiger partial charge is 0.352 e. The van der Waals surface area contributed by atoms with Gasteiger partial charge in [-0.15, -0.1) is 0 Å². The Kier molecular flexibility index (Phi) is 7.59. The highest BCUT2D eigenvalue weighted by Crippen LogP contribution is 2.14. The van der Waals surface area contributed by atoms with Crippen molar-refractivity contribution in [3.05, 3.63) is 71.3 Å². The van der Waals surface area contributed by atoms with Crippen molar-refractivity contribution >= 4 is 11.8 Å². The molecule has 144 valence electrons. The molecule has 0 heterocycles. The van der Waals surface area contributed by atoms with Crippen molar-refractivity contribution in [3.63, 3.8) is 0 Å². The molecule has 2 amide bonds. The molecule has 0 saturated carbocycles. The Bertz CT molecular complexity index is 758. The maximum Gasteiger partial charge on any atom is 0.242 e. The van der Waals surface area contributed by atoms with E-state index in [0.29, 0.717) is 6.54 Å². The first-order chi connectivity index (χ1) is 12.9. The van der Waals surface area contributed by atoms with Crippen molar-refractivity contribution in [2.45, 2.75) is 59.2 Å². The lowest BCUT2D eigenvalue weighted by Gasteiger charge is -2.30. The minimum absolute atomic E-state index is 0.0468. The first-order valence-corrected chi connectivity index (χ1v) is 9.60. The first kappa shape index (κ1) is 20.7. The fourth-order valence-corrected chi connectivity index (χ4v) is 2.93. The number of carbonyl (C=O) groups excluding carboxylic acids is 2. The average Bonchev–Trinajstić information content (AvgIpc) is 2.66. The number of aryl methyl sites for hydroxylation is 1. The van der Waals surface area contributed by atoms with Crippen LogP contribution in [-0.2, 0) is 22.6 Å². The molecule has 0 bridgehead atoms. The van der Waals surface area contributed by atoms with Gasteiger partial charge in [-0.25, -0.2) is 0 Å². The second-order valence-electron chi connectivity index (χ2n) is 7.17. The summed E-state index contributed by atoms with van der Waals surface area (Å²) in [6, 6.07) is 17.3. The number of amides is 2. The van der Waals surface area contributed by atoms with Crippen LogP contribution in [-0.4, -0.2) is 28.8 Å². The summed E-state index contributed by atoms with van der Waals surface area (Å²) in [5.74, 6) is -0.159. The lowest BCUT2D eigenvalue weighted by Crippen LogP contribution is -2.49. The predicted molar refractivity (Wildman–Crippen MR) is 109 cm³/mol. The van der Waals surface area contributed by atoms with Gasteiger partial charge in [0.1, 0.15) is 6.04 Å². The van der Waals surface area contributed by atoms with Gasteiger partial charge >= 0.3 is 0 Å². The highest BCUT2D eigenvalue weighted by molar-refractivity contribution is 5.88. The molecule has 2 atom stereocenters. The van der Waals surface area contributed by atoms with Gasteiger partial charge in [0.05, 0.1) is 6.42 Å².